The molecule has 7 nitrogen and oxygen atoms in total. The molecule has 1 amide bonds. The van der Waals surface area contributed by atoms with Crippen molar-refractivity contribution in [1.82, 2.24) is 9.97 Å². The number of ether oxygens (including phenoxy) is 1. The molecule has 0 aliphatic heterocycles. The zero-order chi connectivity index (χ0) is 23.9. The predicted octanol–water partition coefficient (Wildman–Crippen LogP) is 4.32. The molecule has 0 unspecified atom stereocenters. The molecule has 8 atom stereocenters. The van der Waals surface area contributed by atoms with E-state index in [4.69, 9.17) is 10.00 Å². The number of anilines is 1. The molecule has 4 aliphatic rings. The van der Waals surface area contributed by atoms with Gasteiger partial charge in [0.15, 0.2) is 0 Å². The number of fused-ring (bicyclic) bond motifs is 5. The lowest BCUT2D eigenvalue weighted by molar-refractivity contribution is -0.135. The molecule has 0 bridgehead atoms. The van der Waals surface area contributed by atoms with Gasteiger partial charge in [0.1, 0.15) is 6.07 Å². The van der Waals surface area contributed by atoms with Crippen LogP contribution in [0.25, 0.3) is 0 Å². The van der Waals surface area contributed by atoms with Crippen LogP contribution in [0.2, 0.25) is 0 Å². The van der Waals surface area contributed by atoms with Crippen LogP contribution in [-0.2, 0) is 9.53 Å². The van der Waals surface area contributed by atoms with Crippen LogP contribution in [0.3, 0.4) is 0 Å². The number of aromatic nitrogens is 2. The van der Waals surface area contributed by atoms with Gasteiger partial charge in [-0.2, -0.15) is 5.26 Å². The average molecular weight is 467 g/mol. The fraction of sp³-hybridized carbons (Fsp3) is 0.778. The van der Waals surface area contributed by atoms with Gasteiger partial charge in [-0.25, -0.2) is 9.97 Å². The van der Waals surface area contributed by atoms with Crippen molar-refractivity contribution in [3.8, 4) is 6.07 Å². The third-order valence-corrected chi connectivity index (χ3v) is 10.0. The van der Waals surface area contributed by atoms with Crippen molar-refractivity contribution in [3.63, 3.8) is 0 Å². The van der Waals surface area contributed by atoms with E-state index in [2.05, 4.69) is 22.2 Å². The molecule has 0 saturated heterocycles. The maximum atomic E-state index is 13.3. The first-order valence-corrected chi connectivity index (χ1v) is 13.2. The van der Waals surface area contributed by atoms with Crippen LogP contribution >= 0.6 is 0 Å². The van der Waals surface area contributed by atoms with E-state index in [-0.39, 0.29) is 23.2 Å². The van der Waals surface area contributed by atoms with Crippen LogP contribution in [0, 0.1) is 52.3 Å². The molecule has 2 N–H and O–H groups in total. The zero-order valence-corrected chi connectivity index (χ0v) is 20.5. The molecule has 4 saturated carbocycles. The van der Waals surface area contributed by atoms with Gasteiger partial charge in [-0.1, -0.05) is 6.92 Å². The van der Waals surface area contributed by atoms with Crippen LogP contribution in [0.4, 0.5) is 5.95 Å². The first kappa shape index (κ1) is 23.7. The van der Waals surface area contributed by atoms with Crippen molar-refractivity contribution in [2.24, 2.45) is 40.9 Å². The minimum Gasteiger partial charge on any atom is -0.387 e. The SMILES string of the molecule is CCOC[C@@]1(O)CC[C@H]2[C@H](CC[C@@H]3[C@@H]2CC[C@]2(C)[C@@H](C(=O)Nc4ncc(C#N)cn4)CC[C@@H]32)C1. The number of carbonyl (C=O) groups is 1. The number of aliphatic hydroxyl groups is 1. The highest BCUT2D eigenvalue weighted by atomic mass is 16.5. The smallest absolute Gasteiger partial charge is 0.230 e. The molecule has 1 heterocycles. The summed E-state index contributed by atoms with van der Waals surface area (Å²) in [6.45, 7) is 5.47. The fourth-order valence-electron chi connectivity index (χ4n) is 8.46. The summed E-state index contributed by atoms with van der Waals surface area (Å²) >= 11 is 0. The van der Waals surface area contributed by atoms with E-state index in [1.54, 1.807) is 0 Å². The maximum Gasteiger partial charge on any atom is 0.230 e. The number of nitrogens with zero attached hydrogens (tertiary/aromatic N) is 3. The zero-order valence-electron chi connectivity index (χ0n) is 20.5. The first-order chi connectivity index (χ1) is 16.4. The number of carbonyl (C=O) groups excluding carboxylic acids is 1. The summed E-state index contributed by atoms with van der Waals surface area (Å²) < 4.78 is 5.61. The molecule has 0 aromatic carbocycles. The predicted molar refractivity (Wildman–Crippen MR) is 127 cm³/mol. The van der Waals surface area contributed by atoms with Gasteiger partial charge in [0, 0.05) is 12.5 Å². The lowest BCUT2D eigenvalue weighted by Gasteiger charge is -2.57. The Bertz CT molecular complexity index is 946. The second-order valence-electron chi connectivity index (χ2n) is 11.6. The Morgan fingerprint density at radius 1 is 1.15 bits per heavy atom. The molecule has 4 aliphatic carbocycles. The van der Waals surface area contributed by atoms with Crippen LogP contribution in [-0.4, -0.2) is 39.8 Å². The molecule has 1 aromatic heterocycles. The highest BCUT2D eigenvalue weighted by Crippen LogP contribution is 2.64. The van der Waals surface area contributed by atoms with E-state index in [0.29, 0.717) is 42.4 Å². The molecule has 34 heavy (non-hydrogen) atoms. The fourth-order valence-corrected chi connectivity index (χ4v) is 8.46. The van der Waals surface area contributed by atoms with Gasteiger partial charge < -0.3 is 9.84 Å². The van der Waals surface area contributed by atoms with Crippen LogP contribution in [0.5, 0.6) is 0 Å². The van der Waals surface area contributed by atoms with Crippen molar-refractivity contribution >= 4 is 11.9 Å². The summed E-state index contributed by atoms with van der Waals surface area (Å²) in [6, 6.07) is 2.01. The molecular weight excluding hydrogens is 428 g/mol. The Hall–Kier alpha value is -2.04. The Balaban J connectivity index is 1.25. The van der Waals surface area contributed by atoms with E-state index in [9.17, 15) is 9.90 Å². The first-order valence-electron chi connectivity index (χ1n) is 13.2. The summed E-state index contributed by atoms with van der Waals surface area (Å²) in [4.78, 5) is 21.5. The molecule has 4 fully saturated rings. The monoisotopic (exact) mass is 466 g/mol. The molecule has 0 spiro atoms. The standard InChI is InChI=1S/C27H38N4O3/c1-3-34-16-27(33)11-9-19-18(12-27)4-5-21-20(19)8-10-26(2)22(21)6-7-23(26)24(32)31-25-29-14-17(13-28)15-30-25/h14-15,18-23,33H,3-12,16H2,1-2H3,(H,29,30,31,32)/t18-,19+,20-,21-,22+,23-,26+,27-/m1/s1. The maximum absolute atomic E-state index is 13.3. The summed E-state index contributed by atoms with van der Waals surface area (Å²) in [5.41, 5.74) is -0.231. The van der Waals surface area contributed by atoms with Gasteiger partial charge in [0.05, 0.1) is 30.2 Å². The minimum absolute atomic E-state index is 0.0157. The highest BCUT2D eigenvalue weighted by molar-refractivity contribution is 5.91. The Labute approximate surface area is 202 Å². The topological polar surface area (TPSA) is 108 Å². The average Bonchev–Trinajstić information content (AvgIpc) is 3.20. The van der Waals surface area contributed by atoms with Crippen molar-refractivity contribution in [1.29, 1.82) is 5.26 Å². The number of hydrogen-bond donors (Lipinski definition) is 2. The van der Waals surface area contributed by atoms with Gasteiger partial charge in [0.25, 0.3) is 0 Å². The summed E-state index contributed by atoms with van der Waals surface area (Å²) in [5.74, 6) is 3.64. The van der Waals surface area contributed by atoms with Gasteiger partial charge in [-0.3, -0.25) is 10.1 Å². The Morgan fingerprint density at radius 2 is 1.91 bits per heavy atom. The molecule has 184 valence electrons. The second kappa shape index (κ2) is 9.20. The highest BCUT2D eigenvalue weighted by Gasteiger charge is 2.59. The van der Waals surface area contributed by atoms with Crippen molar-refractivity contribution in [2.75, 3.05) is 18.5 Å². The summed E-state index contributed by atoms with van der Waals surface area (Å²) in [5, 5.41) is 22.9. The Kier molecular flexibility index (Phi) is 6.41. The van der Waals surface area contributed by atoms with E-state index in [0.717, 1.165) is 44.4 Å². The Morgan fingerprint density at radius 3 is 2.65 bits per heavy atom. The quantitative estimate of drug-likeness (QED) is 0.669. The molecule has 0 radical (unpaired) electrons. The lowest BCUT2D eigenvalue weighted by atomic mass is 9.49. The van der Waals surface area contributed by atoms with Crippen molar-refractivity contribution in [2.45, 2.75) is 77.2 Å². The number of nitriles is 1. The van der Waals surface area contributed by atoms with Gasteiger partial charge in [-0.05, 0) is 99.7 Å². The third kappa shape index (κ3) is 4.13. The van der Waals surface area contributed by atoms with E-state index >= 15 is 0 Å². The van der Waals surface area contributed by atoms with Crippen LogP contribution in [0.1, 0.15) is 77.2 Å². The number of nitrogens with one attached hydrogen (secondary N) is 1. The third-order valence-electron chi connectivity index (χ3n) is 10.0. The largest absolute Gasteiger partial charge is 0.387 e. The number of amides is 1. The number of rotatable bonds is 5. The van der Waals surface area contributed by atoms with Crippen LogP contribution in [0.15, 0.2) is 12.4 Å². The number of hydrogen-bond acceptors (Lipinski definition) is 6. The molecular formula is C27H38N4O3. The lowest BCUT2D eigenvalue weighted by Crippen LogP contribution is -2.52. The van der Waals surface area contributed by atoms with E-state index in [1.807, 2.05) is 13.0 Å². The van der Waals surface area contributed by atoms with E-state index in [1.165, 1.54) is 31.7 Å². The summed E-state index contributed by atoms with van der Waals surface area (Å²) in [6.07, 6.45) is 12.5. The van der Waals surface area contributed by atoms with Gasteiger partial charge in [0.2, 0.25) is 11.9 Å². The minimum atomic E-state index is -0.642. The van der Waals surface area contributed by atoms with Crippen LogP contribution < -0.4 is 5.32 Å². The normalized spacial score (nSPS) is 41.0. The van der Waals surface area contributed by atoms with E-state index < -0.39 is 5.60 Å². The second-order valence-corrected chi connectivity index (χ2v) is 11.6. The van der Waals surface area contributed by atoms with Crippen molar-refractivity contribution in [3.05, 3.63) is 18.0 Å². The summed E-state index contributed by atoms with van der Waals surface area (Å²) in [7, 11) is 0. The molecule has 1 aromatic rings. The van der Waals surface area contributed by atoms with Gasteiger partial charge >= 0.3 is 0 Å². The van der Waals surface area contributed by atoms with Gasteiger partial charge in [-0.15, -0.1) is 0 Å². The van der Waals surface area contributed by atoms with Crippen molar-refractivity contribution < 1.29 is 14.6 Å². The molecule has 7 heteroatoms. The molecule has 5 rings (SSSR count).